The van der Waals surface area contributed by atoms with E-state index in [9.17, 15) is 15.0 Å². The fourth-order valence-corrected chi connectivity index (χ4v) is 2.44. The van der Waals surface area contributed by atoms with Crippen LogP contribution in [-0.4, -0.2) is 52.1 Å². The Hall–Kier alpha value is -0.810. The van der Waals surface area contributed by atoms with Crippen LogP contribution in [0.15, 0.2) is 0 Å². The summed E-state index contributed by atoms with van der Waals surface area (Å²) in [5.74, 6) is 0. The monoisotopic (exact) mass is 273 g/mol. The number of aliphatic hydroxyl groups excluding tert-OH is 1. The summed E-state index contributed by atoms with van der Waals surface area (Å²) in [4.78, 5) is 13.7. The third-order valence-corrected chi connectivity index (χ3v) is 3.83. The number of ether oxygens (including phenoxy) is 1. The molecule has 0 bridgehead atoms. The molecule has 0 aromatic rings. The number of nitrogens with zero attached hydrogens (tertiary/aromatic N) is 1. The topological polar surface area (TPSA) is 70.0 Å². The van der Waals surface area contributed by atoms with Crippen molar-refractivity contribution in [1.29, 1.82) is 0 Å². The zero-order chi connectivity index (χ0) is 14.9. The van der Waals surface area contributed by atoms with Crippen LogP contribution in [0, 0.1) is 5.41 Å². The summed E-state index contributed by atoms with van der Waals surface area (Å²) in [5.41, 5.74) is -2.25. The quantitative estimate of drug-likeness (QED) is 0.804. The second-order valence-electron chi connectivity index (χ2n) is 7.00. The van der Waals surface area contributed by atoms with E-state index >= 15 is 0 Å². The van der Waals surface area contributed by atoms with E-state index in [2.05, 4.69) is 0 Å². The van der Waals surface area contributed by atoms with Gasteiger partial charge in [-0.3, -0.25) is 0 Å². The summed E-state index contributed by atoms with van der Waals surface area (Å²) in [6.07, 6.45) is 1.07. The molecule has 0 saturated carbocycles. The molecule has 5 heteroatoms. The molecule has 1 atom stereocenters. The Morgan fingerprint density at radius 2 is 1.89 bits per heavy atom. The molecule has 1 fully saturated rings. The van der Waals surface area contributed by atoms with Crippen molar-refractivity contribution in [2.24, 2.45) is 5.41 Å². The van der Waals surface area contributed by atoms with Gasteiger partial charge in [-0.15, -0.1) is 0 Å². The smallest absolute Gasteiger partial charge is 0.410 e. The van der Waals surface area contributed by atoms with Gasteiger partial charge in [0.25, 0.3) is 0 Å². The predicted octanol–water partition coefficient (Wildman–Crippen LogP) is 1.77. The molecule has 0 radical (unpaired) electrons. The van der Waals surface area contributed by atoms with Gasteiger partial charge in [-0.25, -0.2) is 4.79 Å². The summed E-state index contributed by atoms with van der Waals surface area (Å²) >= 11 is 0. The number of rotatable bonds is 2. The molecule has 5 nitrogen and oxygen atoms in total. The largest absolute Gasteiger partial charge is 0.444 e. The number of hydrogen-bond acceptors (Lipinski definition) is 4. The van der Waals surface area contributed by atoms with Crippen LogP contribution in [0.3, 0.4) is 0 Å². The van der Waals surface area contributed by atoms with Crippen molar-refractivity contribution in [2.45, 2.75) is 58.7 Å². The molecular weight excluding hydrogens is 246 g/mol. The highest BCUT2D eigenvalue weighted by molar-refractivity contribution is 5.68. The molecule has 1 heterocycles. The number of aliphatic hydroxyl groups is 2. The van der Waals surface area contributed by atoms with Crippen LogP contribution >= 0.6 is 0 Å². The zero-order valence-electron chi connectivity index (χ0n) is 12.7. The van der Waals surface area contributed by atoms with Crippen molar-refractivity contribution in [3.63, 3.8) is 0 Å². The van der Waals surface area contributed by atoms with Gasteiger partial charge >= 0.3 is 6.09 Å². The molecule has 2 N–H and O–H groups in total. The molecule has 0 aliphatic carbocycles. The Kier molecular flexibility index (Phi) is 4.52. The first kappa shape index (κ1) is 16.2. The van der Waals surface area contributed by atoms with Crippen LogP contribution in [0.25, 0.3) is 0 Å². The normalized spacial score (nSPS) is 25.3. The lowest BCUT2D eigenvalue weighted by atomic mass is 9.69. The number of piperidine rings is 1. The number of carbonyl (C=O) groups excluding carboxylic acids is 1. The minimum absolute atomic E-state index is 0.143. The molecule has 1 rings (SSSR count). The SMILES string of the molecule is CC(C)(C)OC(=O)N1CCCC(CO)(C(C)(C)O)C1. The maximum absolute atomic E-state index is 12.1. The van der Waals surface area contributed by atoms with Gasteiger partial charge in [-0.2, -0.15) is 0 Å². The van der Waals surface area contributed by atoms with Crippen LogP contribution < -0.4 is 0 Å². The van der Waals surface area contributed by atoms with E-state index in [1.807, 2.05) is 20.8 Å². The van der Waals surface area contributed by atoms with Crippen LogP contribution in [-0.2, 0) is 4.74 Å². The van der Waals surface area contributed by atoms with Gasteiger partial charge < -0.3 is 19.8 Å². The van der Waals surface area contributed by atoms with Crippen molar-refractivity contribution < 1.29 is 19.7 Å². The second kappa shape index (κ2) is 5.29. The summed E-state index contributed by atoms with van der Waals surface area (Å²) in [7, 11) is 0. The fourth-order valence-electron chi connectivity index (χ4n) is 2.44. The lowest BCUT2D eigenvalue weighted by Gasteiger charge is -2.48. The molecule has 1 amide bonds. The van der Waals surface area contributed by atoms with Gasteiger partial charge in [0.05, 0.1) is 12.2 Å². The fraction of sp³-hybridized carbons (Fsp3) is 0.929. The van der Waals surface area contributed by atoms with E-state index in [0.29, 0.717) is 19.5 Å². The second-order valence-corrected chi connectivity index (χ2v) is 7.00. The Morgan fingerprint density at radius 1 is 1.32 bits per heavy atom. The standard InChI is InChI=1S/C14H27NO4/c1-12(2,3)19-11(17)15-8-6-7-14(9-15,10-16)13(4,5)18/h16,18H,6-10H2,1-5H3. The molecule has 1 saturated heterocycles. The molecule has 0 spiro atoms. The minimum Gasteiger partial charge on any atom is -0.444 e. The maximum atomic E-state index is 12.1. The van der Waals surface area contributed by atoms with E-state index in [-0.39, 0.29) is 12.7 Å². The molecule has 19 heavy (non-hydrogen) atoms. The molecule has 0 aromatic heterocycles. The van der Waals surface area contributed by atoms with E-state index in [0.717, 1.165) is 6.42 Å². The molecule has 1 unspecified atom stereocenters. The van der Waals surface area contributed by atoms with Crippen LogP contribution in [0.5, 0.6) is 0 Å². The van der Waals surface area contributed by atoms with Gasteiger partial charge in [0.15, 0.2) is 0 Å². The molecule has 1 aliphatic rings. The van der Waals surface area contributed by atoms with Gasteiger partial charge in [0.1, 0.15) is 5.60 Å². The summed E-state index contributed by atoms with van der Waals surface area (Å²) < 4.78 is 5.35. The third kappa shape index (κ3) is 3.83. The Balaban J connectivity index is 2.82. The molecule has 1 aliphatic heterocycles. The zero-order valence-corrected chi connectivity index (χ0v) is 12.7. The van der Waals surface area contributed by atoms with Crippen molar-refractivity contribution in [2.75, 3.05) is 19.7 Å². The highest BCUT2D eigenvalue weighted by Gasteiger charge is 2.47. The van der Waals surface area contributed by atoms with Crippen molar-refractivity contribution in [3.05, 3.63) is 0 Å². The Labute approximate surface area is 115 Å². The van der Waals surface area contributed by atoms with Crippen molar-refractivity contribution in [3.8, 4) is 0 Å². The summed E-state index contributed by atoms with van der Waals surface area (Å²) in [6, 6.07) is 0. The lowest BCUT2D eigenvalue weighted by molar-refractivity contribution is -0.117. The first-order chi connectivity index (χ1) is 8.51. The maximum Gasteiger partial charge on any atom is 0.410 e. The van der Waals surface area contributed by atoms with Crippen LogP contribution in [0.1, 0.15) is 47.5 Å². The highest BCUT2D eigenvalue weighted by Crippen LogP contribution is 2.39. The highest BCUT2D eigenvalue weighted by atomic mass is 16.6. The summed E-state index contributed by atoms with van der Waals surface area (Å²) in [6.45, 7) is 9.62. The van der Waals surface area contributed by atoms with Crippen LogP contribution in [0.2, 0.25) is 0 Å². The Bertz CT molecular complexity index is 329. The number of carbonyl (C=O) groups is 1. The average molecular weight is 273 g/mol. The van der Waals surface area contributed by atoms with E-state index < -0.39 is 16.6 Å². The van der Waals surface area contributed by atoms with Crippen molar-refractivity contribution in [1.82, 2.24) is 4.90 Å². The van der Waals surface area contributed by atoms with Crippen molar-refractivity contribution >= 4 is 6.09 Å². The van der Waals surface area contributed by atoms with E-state index in [4.69, 9.17) is 4.74 Å². The average Bonchev–Trinajstić information content (AvgIpc) is 2.25. The van der Waals surface area contributed by atoms with Gasteiger partial charge in [0.2, 0.25) is 0 Å². The Morgan fingerprint density at radius 3 is 2.32 bits per heavy atom. The first-order valence-corrected chi connectivity index (χ1v) is 6.82. The third-order valence-electron chi connectivity index (χ3n) is 3.83. The molecule has 0 aromatic carbocycles. The van der Waals surface area contributed by atoms with Crippen LogP contribution in [0.4, 0.5) is 4.79 Å². The minimum atomic E-state index is -1.04. The van der Waals surface area contributed by atoms with Gasteiger partial charge in [-0.1, -0.05) is 0 Å². The predicted molar refractivity (Wildman–Crippen MR) is 72.9 cm³/mol. The number of likely N-dealkylation sites (tertiary alicyclic amines) is 1. The first-order valence-electron chi connectivity index (χ1n) is 6.82. The van der Waals surface area contributed by atoms with Gasteiger partial charge in [0, 0.05) is 18.5 Å². The number of amides is 1. The molecular formula is C14H27NO4. The summed E-state index contributed by atoms with van der Waals surface area (Å²) in [5, 5.41) is 20.0. The molecule has 112 valence electrons. The van der Waals surface area contributed by atoms with Gasteiger partial charge in [-0.05, 0) is 47.5 Å². The number of hydrogen-bond donors (Lipinski definition) is 2. The lowest BCUT2D eigenvalue weighted by Crippen LogP contribution is -2.58. The van der Waals surface area contributed by atoms with E-state index in [1.54, 1.807) is 18.7 Å². The van der Waals surface area contributed by atoms with E-state index in [1.165, 1.54) is 0 Å².